The molecule has 0 aliphatic carbocycles. The summed E-state index contributed by atoms with van der Waals surface area (Å²) in [4.78, 5) is 12.1. The van der Waals surface area contributed by atoms with Crippen molar-refractivity contribution in [1.29, 1.82) is 0 Å². The molecule has 0 aliphatic rings. The average molecular weight is 384 g/mol. The second kappa shape index (κ2) is 8.47. The number of hydrogen-bond donors (Lipinski definition) is 3. The lowest BCUT2D eigenvalue weighted by Gasteiger charge is -2.09. The van der Waals surface area contributed by atoms with Crippen LogP contribution in [0.4, 0.5) is 5.69 Å². The zero-order valence-corrected chi connectivity index (χ0v) is 15.1. The highest BCUT2D eigenvalue weighted by Gasteiger charge is 2.07. The second-order valence-corrected chi connectivity index (χ2v) is 6.42. The largest absolute Gasteiger partial charge is 0.504 e. The number of anilines is 1. The lowest BCUT2D eigenvalue weighted by molar-refractivity contribution is -0.115. The molecular weight excluding hydrogens is 366 g/mol. The molecular formula is C21H18ClNO4. The van der Waals surface area contributed by atoms with Gasteiger partial charge in [0, 0.05) is 10.7 Å². The molecule has 0 fully saturated rings. The second-order valence-electron chi connectivity index (χ2n) is 5.99. The number of phenols is 2. The molecule has 0 unspecified atom stereocenters. The minimum absolute atomic E-state index is 0.0860. The third kappa shape index (κ3) is 5.39. The van der Waals surface area contributed by atoms with Gasteiger partial charge in [0.05, 0.1) is 6.42 Å². The zero-order valence-electron chi connectivity index (χ0n) is 14.4. The van der Waals surface area contributed by atoms with E-state index in [1.807, 2.05) is 24.3 Å². The third-order valence-corrected chi connectivity index (χ3v) is 4.11. The van der Waals surface area contributed by atoms with Crippen molar-refractivity contribution in [3.8, 4) is 17.2 Å². The molecule has 0 spiro atoms. The topological polar surface area (TPSA) is 78.8 Å². The molecule has 0 bridgehead atoms. The van der Waals surface area contributed by atoms with Gasteiger partial charge in [-0.3, -0.25) is 4.79 Å². The van der Waals surface area contributed by atoms with Crippen LogP contribution < -0.4 is 10.1 Å². The van der Waals surface area contributed by atoms with Gasteiger partial charge in [0.1, 0.15) is 12.4 Å². The number of phenolic OH excluding ortho intramolecular Hbond substituents is 2. The molecule has 3 aromatic rings. The number of aromatic hydroxyl groups is 2. The number of halogens is 1. The van der Waals surface area contributed by atoms with Crippen LogP contribution in [0.2, 0.25) is 5.02 Å². The van der Waals surface area contributed by atoms with Gasteiger partial charge < -0.3 is 20.3 Å². The SMILES string of the molecule is O=C(Cc1ccc(O)c(O)c1)Nc1ccc(OCc2ccc(Cl)cc2)cc1. The van der Waals surface area contributed by atoms with Crippen molar-refractivity contribution in [2.45, 2.75) is 13.0 Å². The Balaban J connectivity index is 1.52. The lowest BCUT2D eigenvalue weighted by atomic mass is 10.1. The molecule has 0 radical (unpaired) electrons. The van der Waals surface area contributed by atoms with Crippen LogP contribution in [0, 0.1) is 0 Å². The van der Waals surface area contributed by atoms with Crippen molar-refractivity contribution in [3.63, 3.8) is 0 Å². The lowest BCUT2D eigenvalue weighted by Crippen LogP contribution is -2.14. The third-order valence-electron chi connectivity index (χ3n) is 3.86. The van der Waals surface area contributed by atoms with Gasteiger partial charge in [-0.1, -0.05) is 29.8 Å². The molecule has 6 heteroatoms. The van der Waals surface area contributed by atoms with Crippen LogP contribution in [0.15, 0.2) is 66.7 Å². The van der Waals surface area contributed by atoms with E-state index in [4.69, 9.17) is 16.3 Å². The number of nitrogens with one attached hydrogen (secondary N) is 1. The van der Waals surface area contributed by atoms with Crippen LogP contribution in [0.5, 0.6) is 17.2 Å². The Morgan fingerprint density at radius 3 is 2.22 bits per heavy atom. The molecule has 27 heavy (non-hydrogen) atoms. The first-order chi connectivity index (χ1) is 13.0. The number of hydrogen-bond acceptors (Lipinski definition) is 4. The van der Waals surface area contributed by atoms with Crippen LogP contribution in [0.3, 0.4) is 0 Å². The Labute approximate surface area is 161 Å². The standard InChI is InChI=1S/C21H18ClNO4/c22-16-4-1-14(2-5-16)13-27-18-8-6-17(7-9-18)23-21(26)12-15-3-10-19(24)20(25)11-15/h1-11,24-25H,12-13H2,(H,23,26). The van der Waals surface area contributed by atoms with Crippen molar-refractivity contribution in [2.75, 3.05) is 5.32 Å². The molecule has 3 N–H and O–H groups in total. The number of rotatable bonds is 6. The van der Waals surface area contributed by atoms with E-state index in [9.17, 15) is 15.0 Å². The summed E-state index contributed by atoms with van der Waals surface area (Å²) in [7, 11) is 0. The van der Waals surface area contributed by atoms with Crippen LogP contribution >= 0.6 is 11.6 Å². The first-order valence-electron chi connectivity index (χ1n) is 8.27. The van der Waals surface area contributed by atoms with Crippen LogP contribution in [0.1, 0.15) is 11.1 Å². The average Bonchev–Trinajstić information content (AvgIpc) is 2.65. The van der Waals surface area contributed by atoms with Gasteiger partial charge in [0.25, 0.3) is 0 Å². The molecule has 1 amide bonds. The maximum Gasteiger partial charge on any atom is 0.228 e. The summed E-state index contributed by atoms with van der Waals surface area (Å²) >= 11 is 5.85. The summed E-state index contributed by atoms with van der Waals surface area (Å²) in [5.41, 5.74) is 2.25. The first kappa shape index (κ1) is 18.6. The van der Waals surface area contributed by atoms with Crippen molar-refractivity contribution in [3.05, 3.63) is 82.9 Å². The Morgan fingerprint density at radius 2 is 1.56 bits per heavy atom. The van der Waals surface area contributed by atoms with Crippen molar-refractivity contribution < 1.29 is 19.7 Å². The molecule has 0 atom stereocenters. The van der Waals surface area contributed by atoms with E-state index < -0.39 is 0 Å². The Kier molecular flexibility index (Phi) is 5.84. The Morgan fingerprint density at radius 1 is 0.889 bits per heavy atom. The van der Waals surface area contributed by atoms with Gasteiger partial charge in [-0.25, -0.2) is 0 Å². The summed E-state index contributed by atoms with van der Waals surface area (Å²) in [5.74, 6) is -0.00263. The minimum Gasteiger partial charge on any atom is -0.504 e. The predicted octanol–water partition coefficient (Wildman–Crippen LogP) is 4.51. The minimum atomic E-state index is -0.248. The summed E-state index contributed by atoms with van der Waals surface area (Å²) in [6.45, 7) is 0.424. The highest BCUT2D eigenvalue weighted by molar-refractivity contribution is 6.30. The quantitative estimate of drug-likeness (QED) is 0.547. The maximum absolute atomic E-state index is 12.1. The fraction of sp³-hybridized carbons (Fsp3) is 0.0952. The Bertz CT molecular complexity index is 924. The van der Waals surface area contributed by atoms with E-state index in [1.54, 1.807) is 30.3 Å². The smallest absolute Gasteiger partial charge is 0.228 e. The highest BCUT2D eigenvalue weighted by Crippen LogP contribution is 2.25. The highest BCUT2D eigenvalue weighted by atomic mass is 35.5. The molecule has 5 nitrogen and oxygen atoms in total. The van der Waals surface area contributed by atoms with Crippen LogP contribution in [0.25, 0.3) is 0 Å². The van der Waals surface area contributed by atoms with E-state index in [-0.39, 0.29) is 23.8 Å². The fourth-order valence-electron chi connectivity index (χ4n) is 2.45. The van der Waals surface area contributed by atoms with Crippen molar-refractivity contribution in [2.24, 2.45) is 0 Å². The summed E-state index contributed by atoms with van der Waals surface area (Å²) < 4.78 is 5.70. The number of carbonyl (C=O) groups excluding carboxylic acids is 1. The molecule has 0 heterocycles. The van der Waals surface area contributed by atoms with Gasteiger partial charge in [0.2, 0.25) is 5.91 Å². The van der Waals surface area contributed by atoms with Gasteiger partial charge in [0.15, 0.2) is 11.5 Å². The number of carbonyl (C=O) groups is 1. The van der Waals surface area contributed by atoms with Gasteiger partial charge >= 0.3 is 0 Å². The van der Waals surface area contributed by atoms with E-state index in [0.717, 1.165) is 5.56 Å². The normalized spacial score (nSPS) is 10.4. The molecule has 0 aliphatic heterocycles. The van der Waals surface area contributed by atoms with E-state index in [1.165, 1.54) is 12.1 Å². The number of amides is 1. The van der Waals surface area contributed by atoms with Crippen molar-refractivity contribution >= 4 is 23.2 Å². The molecule has 3 aromatic carbocycles. The monoisotopic (exact) mass is 383 g/mol. The molecule has 0 saturated heterocycles. The van der Waals surface area contributed by atoms with Gasteiger partial charge in [-0.2, -0.15) is 0 Å². The van der Waals surface area contributed by atoms with Gasteiger partial charge in [-0.15, -0.1) is 0 Å². The van der Waals surface area contributed by atoms with E-state index in [2.05, 4.69) is 5.32 Å². The number of benzene rings is 3. The predicted molar refractivity (Wildman–Crippen MR) is 104 cm³/mol. The molecule has 0 saturated carbocycles. The molecule has 138 valence electrons. The molecule has 3 rings (SSSR count). The zero-order chi connectivity index (χ0) is 19.2. The summed E-state index contributed by atoms with van der Waals surface area (Å²) in [6.07, 6.45) is 0.0860. The van der Waals surface area contributed by atoms with Crippen LogP contribution in [-0.4, -0.2) is 16.1 Å². The first-order valence-corrected chi connectivity index (χ1v) is 8.65. The number of ether oxygens (including phenoxy) is 1. The van der Waals surface area contributed by atoms with Crippen molar-refractivity contribution in [1.82, 2.24) is 0 Å². The summed E-state index contributed by atoms with van der Waals surface area (Å²) in [6, 6.07) is 18.8. The van der Waals surface area contributed by atoms with E-state index >= 15 is 0 Å². The molecule has 0 aromatic heterocycles. The maximum atomic E-state index is 12.1. The Hall–Kier alpha value is -3.18. The summed E-state index contributed by atoms with van der Waals surface area (Å²) in [5, 5.41) is 22.2. The fourth-order valence-corrected chi connectivity index (χ4v) is 2.58. The van der Waals surface area contributed by atoms with E-state index in [0.29, 0.717) is 28.6 Å². The van der Waals surface area contributed by atoms with Gasteiger partial charge in [-0.05, 0) is 59.7 Å². The van der Waals surface area contributed by atoms with Crippen LogP contribution in [-0.2, 0) is 17.8 Å².